The molecule has 0 heterocycles. The Labute approximate surface area is 174 Å². The molecule has 0 fully saturated rings. The molecule has 0 aromatic heterocycles. The van der Waals surface area contributed by atoms with E-state index >= 15 is 0 Å². The van der Waals surface area contributed by atoms with Crippen molar-refractivity contribution in [2.45, 2.75) is 79.1 Å². The summed E-state index contributed by atoms with van der Waals surface area (Å²) in [5.74, 6) is 0.690. The second kappa shape index (κ2) is 8.10. The molecule has 2 aromatic rings. The Kier molecular flexibility index (Phi) is 6.36. The summed E-state index contributed by atoms with van der Waals surface area (Å²) in [4.78, 5) is 12.4. The third-order valence-corrected chi connectivity index (χ3v) is 5.10. The standard InChI is InChI=1S/C25H34O4/c1-15-11-17(13-19(22(15)27)24(3,4)5)9-10-21(26)29-18-12-16(2)23(28)20(14-18)25(6,7)8/h11-14,27-28H,9-10H2,1-8H3. The molecule has 0 saturated carbocycles. The van der Waals surface area contributed by atoms with Crippen LogP contribution in [0.4, 0.5) is 0 Å². The number of phenols is 2. The lowest BCUT2D eigenvalue weighted by Crippen LogP contribution is -2.15. The summed E-state index contributed by atoms with van der Waals surface area (Å²) < 4.78 is 5.56. The van der Waals surface area contributed by atoms with E-state index in [4.69, 9.17) is 4.74 Å². The number of hydrogen-bond donors (Lipinski definition) is 2. The third-order valence-electron chi connectivity index (χ3n) is 5.10. The van der Waals surface area contributed by atoms with Crippen LogP contribution in [0.2, 0.25) is 0 Å². The molecule has 0 aliphatic heterocycles. The molecule has 2 aromatic carbocycles. The van der Waals surface area contributed by atoms with Gasteiger partial charge in [-0.2, -0.15) is 0 Å². The number of rotatable bonds is 4. The largest absolute Gasteiger partial charge is 0.507 e. The van der Waals surface area contributed by atoms with E-state index in [9.17, 15) is 15.0 Å². The van der Waals surface area contributed by atoms with E-state index in [1.165, 1.54) is 0 Å². The second-order valence-electron chi connectivity index (χ2n) is 9.92. The van der Waals surface area contributed by atoms with Crippen LogP contribution in [-0.2, 0) is 22.0 Å². The number of benzene rings is 2. The van der Waals surface area contributed by atoms with Crippen LogP contribution in [0.25, 0.3) is 0 Å². The Bertz CT molecular complexity index is 912. The van der Waals surface area contributed by atoms with Crippen molar-refractivity contribution in [1.29, 1.82) is 0 Å². The van der Waals surface area contributed by atoms with Gasteiger partial charge in [0.2, 0.25) is 0 Å². The molecule has 2 N–H and O–H groups in total. The number of ether oxygens (including phenoxy) is 1. The zero-order valence-corrected chi connectivity index (χ0v) is 18.9. The van der Waals surface area contributed by atoms with E-state index < -0.39 is 0 Å². The normalized spacial score (nSPS) is 12.1. The van der Waals surface area contributed by atoms with E-state index in [1.807, 2.05) is 39.8 Å². The number of hydrogen-bond acceptors (Lipinski definition) is 4. The first kappa shape index (κ1) is 22.8. The van der Waals surface area contributed by atoms with Gasteiger partial charge in [0.05, 0.1) is 0 Å². The van der Waals surface area contributed by atoms with Gasteiger partial charge in [-0.1, -0.05) is 53.7 Å². The zero-order chi connectivity index (χ0) is 22.1. The summed E-state index contributed by atoms with van der Waals surface area (Å²) in [5, 5.41) is 20.7. The van der Waals surface area contributed by atoms with E-state index in [0.29, 0.717) is 23.5 Å². The molecular weight excluding hydrogens is 364 g/mol. The maximum atomic E-state index is 12.4. The highest BCUT2D eigenvalue weighted by Gasteiger charge is 2.22. The minimum Gasteiger partial charge on any atom is -0.507 e. The molecule has 4 heteroatoms. The van der Waals surface area contributed by atoms with Crippen molar-refractivity contribution in [1.82, 2.24) is 0 Å². The van der Waals surface area contributed by atoms with Crippen molar-refractivity contribution < 1.29 is 19.7 Å². The molecule has 0 unspecified atom stereocenters. The van der Waals surface area contributed by atoms with Crippen LogP contribution in [0.15, 0.2) is 24.3 Å². The lowest BCUT2D eigenvalue weighted by atomic mass is 9.83. The van der Waals surface area contributed by atoms with Gasteiger partial charge in [-0.3, -0.25) is 4.79 Å². The molecule has 0 atom stereocenters. The minimum atomic E-state index is -0.321. The predicted octanol–water partition coefficient (Wildman–Crippen LogP) is 5.85. The van der Waals surface area contributed by atoms with E-state index in [1.54, 1.807) is 19.1 Å². The fraction of sp³-hybridized carbons (Fsp3) is 0.480. The first-order valence-electron chi connectivity index (χ1n) is 10.1. The van der Waals surface area contributed by atoms with Crippen LogP contribution >= 0.6 is 0 Å². The Morgan fingerprint density at radius 2 is 1.31 bits per heavy atom. The molecule has 0 spiro atoms. The predicted molar refractivity (Wildman–Crippen MR) is 117 cm³/mol. The van der Waals surface area contributed by atoms with E-state index in [0.717, 1.165) is 22.3 Å². The van der Waals surface area contributed by atoms with E-state index in [-0.39, 0.29) is 29.0 Å². The van der Waals surface area contributed by atoms with Crippen molar-refractivity contribution >= 4 is 5.97 Å². The third kappa shape index (κ3) is 5.53. The Hall–Kier alpha value is -2.49. The van der Waals surface area contributed by atoms with Crippen LogP contribution in [0.5, 0.6) is 17.2 Å². The Morgan fingerprint density at radius 1 is 0.828 bits per heavy atom. The number of phenolic OH excluding ortho intramolecular Hbond substituents is 2. The van der Waals surface area contributed by atoms with Gasteiger partial charge in [0.15, 0.2) is 0 Å². The smallest absolute Gasteiger partial charge is 0.311 e. The van der Waals surface area contributed by atoms with Gasteiger partial charge in [0.25, 0.3) is 0 Å². The number of esters is 1. The average Bonchev–Trinajstić information content (AvgIpc) is 2.56. The van der Waals surface area contributed by atoms with Crippen molar-refractivity contribution in [3.63, 3.8) is 0 Å². The van der Waals surface area contributed by atoms with Crippen LogP contribution in [0.3, 0.4) is 0 Å². The molecule has 0 aliphatic carbocycles. The summed E-state index contributed by atoms with van der Waals surface area (Å²) in [7, 11) is 0. The highest BCUT2D eigenvalue weighted by Crippen LogP contribution is 2.37. The maximum Gasteiger partial charge on any atom is 0.311 e. The summed E-state index contributed by atoms with van der Waals surface area (Å²) in [5.41, 5.74) is 3.69. The minimum absolute atomic E-state index is 0.182. The lowest BCUT2D eigenvalue weighted by Gasteiger charge is -2.23. The van der Waals surface area contributed by atoms with Crippen LogP contribution in [0.1, 0.15) is 75.8 Å². The number of carbonyl (C=O) groups is 1. The van der Waals surface area contributed by atoms with Gasteiger partial charge < -0.3 is 14.9 Å². The molecule has 0 saturated heterocycles. The van der Waals surface area contributed by atoms with Crippen molar-refractivity contribution in [3.8, 4) is 17.2 Å². The van der Waals surface area contributed by atoms with Crippen molar-refractivity contribution in [2.75, 3.05) is 0 Å². The molecule has 158 valence electrons. The number of aromatic hydroxyl groups is 2. The fourth-order valence-electron chi connectivity index (χ4n) is 3.38. The van der Waals surface area contributed by atoms with E-state index in [2.05, 4.69) is 20.8 Å². The summed E-state index contributed by atoms with van der Waals surface area (Å²) in [6.45, 7) is 15.9. The van der Waals surface area contributed by atoms with Gasteiger partial charge >= 0.3 is 5.97 Å². The number of aryl methyl sites for hydroxylation is 3. The number of carbonyl (C=O) groups excluding carboxylic acids is 1. The van der Waals surface area contributed by atoms with Gasteiger partial charge in [-0.25, -0.2) is 0 Å². The first-order chi connectivity index (χ1) is 13.2. The molecule has 0 bridgehead atoms. The summed E-state index contributed by atoms with van der Waals surface area (Å²) in [6.07, 6.45) is 0.769. The van der Waals surface area contributed by atoms with Crippen LogP contribution < -0.4 is 4.74 Å². The zero-order valence-electron chi connectivity index (χ0n) is 18.9. The van der Waals surface area contributed by atoms with Gasteiger partial charge in [-0.15, -0.1) is 0 Å². The molecule has 0 radical (unpaired) electrons. The Balaban J connectivity index is 2.16. The molecule has 4 nitrogen and oxygen atoms in total. The fourth-order valence-corrected chi connectivity index (χ4v) is 3.38. The molecule has 0 amide bonds. The highest BCUT2D eigenvalue weighted by molar-refractivity contribution is 5.73. The average molecular weight is 399 g/mol. The second-order valence-corrected chi connectivity index (χ2v) is 9.92. The van der Waals surface area contributed by atoms with Crippen LogP contribution in [-0.4, -0.2) is 16.2 Å². The van der Waals surface area contributed by atoms with Crippen molar-refractivity contribution in [3.05, 3.63) is 52.1 Å². The Morgan fingerprint density at radius 3 is 1.83 bits per heavy atom. The first-order valence-corrected chi connectivity index (χ1v) is 10.1. The summed E-state index contributed by atoms with van der Waals surface area (Å²) in [6, 6.07) is 7.31. The maximum absolute atomic E-state index is 12.4. The molecular formula is C25H34O4. The van der Waals surface area contributed by atoms with Crippen molar-refractivity contribution in [2.24, 2.45) is 0 Å². The quantitative estimate of drug-likeness (QED) is 0.501. The van der Waals surface area contributed by atoms with Gasteiger partial charge in [0, 0.05) is 12.0 Å². The van der Waals surface area contributed by atoms with Crippen LogP contribution in [0, 0.1) is 13.8 Å². The lowest BCUT2D eigenvalue weighted by molar-refractivity contribution is -0.134. The van der Waals surface area contributed by atoms with Gasteiger partial charge in [0.1, 0.15) is 17.2 Å². The molecule has 29 heavy (non-hydrogen) atoms. The topological polar surface area (TPSA) is 66.8 Å². The summed E-state index contributed by atoms with van der Waals surface area (Å²) >= 11 is 0. The monoisotopic (exact) mass is 398 g/mol. The molecule has 0 aliphatic rings. The highest BCUT2D eigenvalue weighted by atomic mass is 16.5. The van der Waals surface area contributed by atoms with Gasteiger partial charge in [-0.05, 0) is 65.5 Å². The molecule has 2 rings (SSSR count). The SMILES string of the molecule is Cc1cc(CCC(=O)Oc2cc(C)c(O)c(C(C)(C)C)c2)cc(C(C)(C)C)c1O.